The van der Waals surface area contributed by atoms with E-state index in [1.807, 2.05) is 0 Å². The summed E-state index contributed by atoms with van der Waals surface area (Å²) < 4.78 is 32.4. The van der Waals surface area contributed by atoms with Crippen LogP contribution in [0, 0.1) is 11.6 Å². The molecule has 1 heterocycles. The van der Waals surface area contributed by atoms with E-state index in [1.165, 1.54) is 47.1 Å². The van der Waals surface area contributed by atoms with Gasteiger partial charge < -0.3 is 10.1 Å². The second-order valence-corrected chi connectivity index (χ2v) is 6.23. The van der Waals surface area contributed by atoms with E-state index in [4.69, 9.17) is 4.74 Å². The van der Waals surface area contributed by atoms with Crippen molar-refractivity contribution in [3.8, 4) is 17.0 Å². The largest absolute Gasteiger partial charge is 0.484 e. The van der Waals surface area contributed by atoms with E-state index in [0.717, 1.165) is 0 Å². The Kier molecular flexibility index (Phi) is 6.67. The minimum absolute atomic E-state index is 0.191. The summed E-state index contributed by atoms with van der Waals surface area (Å²) >= 11 is 0. The molecule has 0 atom stereocenters. The van der Waals surface area contributed by atoms with Crippen molar-refractivity contribution >= 4 is 5.91 Å². The van der Waals surface area contributed by atoms with Crippen molar-refractivity contribution in [3.05, 3.63) is 82.7 Å². The minimum Gasteiger partial charge on any atom is -0.484 e. The van der Waals surface area contributed by atoms with Gasteiger partial charge in [0, 0.05) is 24.7 Å². The molecule has 1 aromatic heterocycles. The third-order valence-electron chi connectivity index (χ3n) is 4.06. The highest BCUT2D eigenvalue weighted by Crippen LogP contribution is 2.15. The number of amides is 1. The van der Waals surface area contributed by atoms with Crippen molar-refractivity contribution < 1.29 is 18.3 Å². The molecule has 8 heteroatoms. The van der Waals surface area contributed by atoms with Gasteiger partial charge in [-0.2, -0.15) is 5.10 Å². The van der Waals surface area contributed by atoms with Crippen molar-refractivity contribution in [2.45, 2.75) is 13.0 Å². The fourth-order valence-corrected chi connectivity index (χ4v) is 2.57. The highest BCUT2D eigenvalue weighted by atomic mass is 19.1. The molecule has 0 radical (unpaired) electrons. The maximum Gasteiger partial charge on any atom is 0.266 e. The Morgan fingerprint density at radius 1 is 0.966 bits per heavy atom. The maximum absolute atomic E-state index is 13.0. The molecule has 29 heavy (non-hydrogen) atoms. The molecule has 1 amide bonds. The Morgan fingerprint density at radius 2 is 1.62 bits per heavy atom. The molecule has 0 aliphatic rings. The van der Waals surface area contributed by atoms with Crippen LogP contribution in [0.2, 0.25) is 0 Å². The van der Waals surface area contributed by atoms with Gasteiger partial charge in [0.2, 0.25) is 0 Å². The van der Waals surface area contributed by atoms with Gasteiger partial charge in [-0.1, -0.05) is 0 Å². The van der Waals surface area contributed by atoms with Crippen LogP contribution >= 0.6 is 0 Å². The molecule has 0 saturated carbocycles. The Bertz CT molecular complexity index is 1020. The normalized spacial score (nSPS) is 10.6. The Morgan fingerprint density at radius 3 is 2.31 bits per heavy atom. The minimum atomic E-state index is -0.380. The van der Waals surface area contributed by atoms with E-state index < -0.39 is 0 Å². The van der Waals surface area contributed by atoms with Crippen molar-refractivity contribution in [1.82, 2.24) is 15.1 Å². The van der Waals surface area contributed by atoms with Crippen molar-refractivity contribution in [2.75, 3.05) is 13.2 Å². The van der Waals surface area contributed by atoms with Gasteiger partial charge in [-0.05, 0) is 61.0 Å². The number of ether oxygens (including phenoxy) is 1. The van der Waals surface area contributed by atoms with Gasteiger partial charge in [-0.15, -0.1) is 0 Å². The molecule has 6 nitrogen and oxygen atoms in total. The van der Waals surface area contributed by atoms with Crippen molar-refractivity contribution in [1.29, 1.82) is 0 Å². The first-order valence-electron chi connectivity index (χ1n) is 9.00. The topological polar surface area (TPSA) is 73.2 Å². The van der Waals surface area contributed by atoms with E-state index in [1.54, 1.807) is 18.2 Å². The zero-order valence-corrected chi connectivity index (χ0v) is 15.5. The summed E-state index contributed by atoms with van der Waals surface area (Å²) in [5.41, 5.74) is 0.995. The first-order valence-corrected chi connectivity index (χ1v) is 9.00. The molecular formula is C21H19F2N3O3. The Balaban J connectivity index is 1.46. The van der Waals surface area contributed by atoms with E-state index >= 15 is 0 Å². The molecule has 0 aliphatic heterocycles. The quantitative estimate of drug-likeness (QED) is 0.591. The van der Waals surface area contributed by atoms with Gasteiger partial charge in [0.05, 0.1) is 5.69 Å². The van der Waals surface area contributed by atoms with Gasteiger partial charge in [-0.25, -0.2) is 13.5 Å². The number of aryl methyl sites for hydroxylation is 1. The smallest absolute Gasteiger partial charge is 0.266 e. The molecule has 0 aliphatic carbocycles. The second kappa shape index (κ2) is 9.59. The van der Waals surface area contributed by atoms with Crippen LogP contribution in [0.4, 0.5) is 8.78 Å². The number of carbonyl (C=O) groups is 1. The van der Waals surface area contributed by atoms with Gasteiger partial charge in [0.1, 0.15) is 17.4 Å². The number of nitrogens with zero attached hydrogens (tertiary/aromatic N) is 2. The molecule has 0 bridgehead atoms. The standard InChI is InChI=1S/C21H19F2N3O3/c22-16-4-2-15(3-5-16)19-10-11-21(28)26(25-19)13-1-12-24-20(27)14-29-18-8-6-17(23)7-9-18/h2-11H,1,12-14H2,(H,24,27). The summed E-state index contributed by atoms with van der Waals surface area (Å²) in [4.78, 5) is 23.8. The average Bonchev–Trinajstić information content (AvgIpc) is 2.72. The third-order valence-corrected chi connectivity index (χ3v) is 4.06. The van der Waals surface area contributed by atoms with Crippen molar-refractivity contribution in [3.63, 3.8) is 0 Å². The molecule has 1 N–H and O–H groups in total. The predicted octanol–water partition coefficient (Wildman–Crippen LogP) is 2.77. The Labute approximate surface area is 165 Å². The van der Waals surface area contributed by atoms with Gasteiger partial charge in [-0.3, -0.25) is 9.59 Å². The molecule has 3 aromatic rings. The van der Waals surface area contributed by atoms with E-state index in [9.17, 15) is 18.4 Å². The van der Waals surface area contributed by atoms with Crippen LogP contribution in [-0.2, 0) is 11.3 Å². The predicted molar refractivity (Wildman–Crippen MR) is 103 cm³/mol. The van der Waals surface area contributed by atoms with Gasteiger partial charge in [0.25, 0.3) is 11.5 Å². The number of halogens is 2. The van der Waals surface area contributed by atoms with Crippen LogP contribution in [0.15, 0.2) is 65.5 Å². The second-order valence-electron chi connectivity index (χ2n) is 6.23. The number of rotatable bonds is 8. The highest BCUT2D eigenvalue weighted by molar-refractivity contribution is 5.77. The van der Waals surface area contributed by atoms with Crippen LogP contribution in [0.25, 0.3) is 11.3 Å². The maximum atomic E-state index is 13.0. The SMILES string of the molecule is O=C(COc1ccc(F)cc1)NCCCn1nc(-c2ccc(F)cc2)ccc1=O. The number of hydrogen-bond donors (Lipinski definition) is 1. The third kappa shape index (κ3) is 5.97. The molecule has 0 unspecified atom stereocenters. The first-order chi connectivity index (χ1) is 14.0. The number of carbonyl (C=O) groups excluding carboxylic acids is 1. The highest BCUT2D eigenvalue weighted by Gasteiger charge is 2.06. The number of aromatic nitrogens is 2. The lowest BCUT2D eigenvalue weighted by molar-refractivity contribution is -0.123. The van der Waals surface area contributed by atoms with Gasteiger partial charge >= 0.3 is 0 Å². The summed E-state index contributed by atoms with van der Waals surface area (Å²) in [5, 5.41) is 6.97. The average molecular weight is 399 g/mol. The van der Waals surface area contributed by atoms with Crippen molar-refractivity contribution in [2.24, 2.45) is 0 Å². The van der Waals surface area contributed by atoms with Crippen LogP contribution in [0.1, 0.15) is 6.42 Å². The van der Waals surface area contributed by atoms with Crippen LogP contribution in [-0.4, -0.2) is 28.8 Å². The molecular weight excluding hydrogens is 380 g/mol. The lowest BCUT2D eigenvalue weighted by atomic mass is 10.1. The summed E-state index contributed by atoms with van der Waals surface area (Å²) in [5.74, 6) is -0.653. The van der Waals surface area contributed by atoms with Gasteiger partial charge in [0.15, 0.2) is 6.61 Å². The number of benzene rings is 2. The van der Waals surface area contributed by atoms with Crippen LogP contribution < -0.4 is 15.6 Å². The lowest BCUT2D eigenvalue weighted by Crippen LogP contribution is -2.31. The van der Waals surface area contributed by atoms with E-state index in [0.29, 0.717) is 36.5 Å². The monoisotopic (exact) mass is 399 g/mol. The molecule has 0 fully saturated rings. The summed E-state index contributed by atoms with van der Waals surface area (Å²) in [7, 11) is 0. The zero-order chi connectivity index (χ0) is 20.6. The zero-order valence-electron chi connectivity index (χ0n) is 15.5. The number of hydrogen-bond acceptors (Lipinski definition) is 4. The van der Waals surface area contributed by atoms with Crippen LogP contribution in [0.3, 0.4) is 0 Å². The Hall–Kier alpha value is -3.55. The summed E-state index contributed by atoms with van der Waals surface area (Å²) in [6.07, 6.45) is 0.488. The summed E-state index contributed by atoms with van der Waals surface area (Å²) in [6.45, 7) is 0.456. The fraction of sp³-hybridized carbons (Fsp3) is 0.190. The fourth-order valence-electron chi connectivity index (χ4n) is 2.57. The lowest BCUT2D eigenvalue weighted by Gasteiger charge is -2.09. The molecule has 0 spiro atoms. The first kappa shape index (κ1) is 20.2. The molecule has 3 rings (SSSR count). The van der Waals surface area contributed by atoms with E-state index in [-0.39, 0.29) is 29.7 Å². The number of nitrogens with one attached hydrogen (secondary N) is 1. The molecule has 0 saturated heterocycles. The molecule has 2 aromatic carbocycles. The molecule has 150 valence electrons. The van der Waals surface area contributed by atoms with E-state index in [2.05, 4.69) is 10.4 Å². The summed E-state index contributed by atoms with van der Waals surface area (Å²) in [6, 6.07) is 14.2. The van der Waals surface area contributed by atoms with Crippen LogP contribution in [0.5, 0.6) is 5.75 Å².